The number of rotatable bonds is 2. The molecule has 0 unspecified atom stereocenters. The summed E-state index contributed by atoms with van der Waals surface area (Å²) in [6, 6.07) is 0.310. The van der Waals surface area contributed by atoms with Gasteiger partial charge >= 0.3 is 12.2 Å². The first-order valence-corrected chi connectivity index (χ1v) is 7.28. The van der Waals surface area contributed by atoms with Crippen LogP contribution in [0.1, 0.15) is 46.5 Å². The molecule has 0 aromatic carbocycles. The molecule has 1 aliphatic heterocycles. The van der Waals surface area contributed by atoms with E-state index >= 15 is 0 Å². The maximum atomic E-state index is 11.9. The molecule has 20 heavy (non-hydrogen) atoms. The van der Waals surface area contributed by atoms with Gasteiger partial charge in [-0.1, -0.05) is 0 Å². The maximum absolute atomic E-state index is 11.9. The van der Waals surface area contributed by atoms with E-state index in [-0.39, 0.29) is 18.3 Å². The zero-order valence-electron chi connectivity index (χ0n) is 12.5. The number of hydrogen-bond acceptors (Lipinski definition) is 4. The molecule has 2 rings (SSSR count). The van der Waals surface area contributed by atoms with Gasteiger partial charge in [0.25, 0.3) is 0 Å². The number of likely N-dealkylation sites (tertiary alicyclic amines) is 1. The van der Waals surface area contributed by atoms with E-state index in [1.807, 2.05) is 20.8 Å². The molecule has 114 valence electrons. The lowest BCUT2D eigenvalue weighted by atomic mass is 10.1. The molecule has 0 radical (unpaired) electrons. The first-order valence-electron chi connectivity index (χ1n) is 7.28. The molecule has 1 aliphatic carbocycles. The fourth-order valence-electron chi connectivity index (χ4n) is 2.06. The second-order valence-electron chi connectivity index (χ2n) is 6.49. The Morgan fingerprint density at radius 1 is 1.10 bits per heavy atom. The highest BCUT2D eigenvalue weighted by atomic mass is 16.6. The minimum atomic E-state index is -0.478. The van der Waals surface area contributed by atoms with Crippen molar-refractivity contribution >= 4 is 12.2 Å². The van der Waals surface area contributed by atoms with Crippen LogP contribution in [0.3, 0.4) is 0 Å². The Morgan fingerprint density at radius 3 is 2.20 bits per heavy atom. The summed E-state index contributed by atoms with van der Waals surface area (Å²) in [4.78, 5) is 25.1. The number of ether oxygens (including phenoxy) is 2. The molecule has 1 saturated carbocycles. The first kappa shape index (κ1) is 14.9. The van der Waals surface area contributed by atoms with Crippen LogP contribution in [0.2, 0.25) is 0 Å². The van der Waals surface area contributed by atoms with Gasteiger partial charge in [0, 0.05) is 32.0 Å². The summed E-state index contributed by atoms with van der Waals surface area (Å²) in [5.41, 5.74) is -0.478. The van der Waals surface area contributed by atoms with Crippen molar-refractivity contribution in [2.45, 2.75) is 64.2 Å². The van der Waals surface area contributed by atoms with Gasteiger partial charge in [0.15, 0.2) is 0 Å². The normalized spacial score (nSPS) is 20.4. The summed E-state index contributed by atoms with van der Waals surface area (Å²) in [5, 5.41) is 2.80. The van der Waals surface area contributed by atoms with Crippen molar-refractivity contribution in [3.05, 3.63) is 0 Å². The fraction of sp³-hybridized carbons (Fsp3) is 0.857. The molecule has 2 amide bonds. The van der Waals surface area contributed by atoms with Gasteiger partial charge in [0.1, 0.15) is 11.7 Å². The topological polar surface area (TPSA) is 67.9 Å². The minimum absolute atomic E-state index is 0.104. The lowest BCUT2D eigenvalue weighted by molar-refractivity contribution is 0.00646. The van der Waals surface area contributed by atoms with Crippen molar-refractivity contribution in [3.8, 4) is 0 Å². The average Bonchev–Trinajstić information content (AvgIpc) is 3.11. The molecule has 0 aromatic heterocycles. The van der Waals surface area contributed by atoms with E-state index in [9.17, 15) is 9.59 Å². The van der Waals surface area contributed by atoms with E-state index in [4.69, 9.17) is 9.47 Å². The Bertz CT molecular complexity index is 366. The zero-order valence-corrected chi connectivity index (χ0v) is 12.5. The SMILES string of the molecule is CC(C)(C)OC(=O)N1CCC(OC(=O)NC2CC2)CC1. The van der Waals surface area contributed by atoms with Crippen molar-refractivity contribution in [2.75, 3.05) is 13.1 Å². The summed E-state index contributed by atoms with van der Waals surface area (Å²) < 4.78 is 10.7. The predicted molar refractivity (Wildman–Crippen MR) is 73.5 cm³/mol. The summed E-state index contributed by atoms with van der Waals surface area (Å²) in [7, 11) is 0. The predicted octanol–water partition coefficient (Wildman–Crippen LogP) is 2.27. The van der Waals surface area contributed by atoms with Gasteiger partial charge in [-0.15, -0.1) is 0 Å². The van der Waals surface area contributed by atoms with Crippen LogP contribution in [-0.4, -0.2) is 47.9 Å². The molecule has 1 saturated heterocycles. The number of carbonyl (C=O) groups excluding carboxylic acids is 2. The molecular formula is C14H24N2O4. The number of amides is 2. The summed E-state index contributed by atoms with van der Waals surface area (Å²) in [6.07, 6.45) is 2.70. The van der Waals surface area contributed by atoms with Crippen molar-refractivity contribution < 1.29 is 19.1 Å². The monoisotopic (exact) mass is 284 g/mol. The van der Waals surface area contributed by atoms with Gasteiger partial charge in [0.05, 0.1) is 0 Å². The standard InChI is InChI=1S/C14H24N2O4/c1-14(2,3)20-13(18)16-8-6-11(7-9-16)19-12(17)15-10-4-5-10/h10-11H,4-9H2,1-3H3,(H,15,17). The van der Waals surface area contributed by atoms with Gasteiger partial charge in [-0.25, -0.2) is 9.59 Å². The first-order chi connectivity index (χ1) is 9.33. The van der Waals surface area contributed by atoms with Gasteiger partial charge in [-0.2, -0.15) is 0 Å². The Balaban J connectivity index is 1.68. The number of alkyl carbamates (subject to hydrolysis) is 1. The maximum Gasteiger partial charge on any atom is 0.410 e. The number of carbonyl (C=O) groups is 2. The van der Waals surface area contributed by atoms with E-state index in [0.29, 0.717) is 32.0 Å². The molecule has 1 N–H and O–H groups in total. The third kappa shape index (κ3) is 4.90. The summed E-state index contributed by atoms with van der Waals surface area (Å²) >= 11 is 0. The highest BCUT2D eigenvalue weighted by Gasteiger charge is 2.30. The van der Waals surface area contributed by atoms with Crippen LogP contribution in [0.4, 0.5) is 9.59 Å². The number of nitrogens with zero attached hydrogens (tertiary/aromatic N) is 1. The smallest absolute Gasteiger partial charge is 0.410 e. The molecule has 0 aromatic rings. The van der Waals surface area contributed by atoms with Crippen LogP contribution < -0.4 is 5.32 Å². The fourth-order valence-corrected chi connectivity index (χ4v) is 2.06. The van der Waals surface area contributed by atoms with Gasteiger partial charge in [0.2, 0.25) is 0 Å². The molecule has 0 atom stereocenters. The van der Waals surface area contributed by atoms with Crippen LogP contribution in [0.25, 0.3) is 0 Å². The van der Waals surface area contributed by atoms with E-state index in [1.165, 1.54) is 0 Å². The lowest BCUT2D eigenvalue weighted by Crippen LogP contribution is -2.44. The summed E-state index contributed by atoms with van der Waals surface area (Å²) in [5.74, 6) is 0. The molecule has 2 fully saturated rings. The second-order valence-corrected chi connectivity index (χ2v) is 6.49. The number of nitrogens with one attached hydrogen (secondary N) is 1. The van der Waals surface area contributed by atoms with Crippen LogP contribution >= 0.6 is 0 Å². The molecule has 6 heteroatoms. The molecule has 1 heterocycles. The quantitative estimate of drug-likeness (QED) is 0.844. The lowest BCUT2D eigenvalue weighted by Gasteiger charge is -2.33. The zero-order chi connectivity index (χ0) is 14.8. The Morgan fingerprint density at radius 2 is 1.70 bits per heavy atom. The van der Waals surface area contributed by atoms with Crippen molar-refractivity contribution in [2.24, 2.45) is 0 Å². The van der Waals surface area contributed by atoms with Gasteiger partial charge < -0.3 is 19.7 Å². The van der Waals surface area contributed by atoms with E-state index in [1.54, 1.807) is 4.90 Å². The van der Waals surface area contributed by atoms with Gasteiger partial charge in [-0.05, 0) is 33.6 Å². The number of hydrogen-bond donors (Lipinski definition) is 1. The Hall–Kier alpha value is -1.46. The number of piperidine rings is 1. The molecule has 6 nitrogen and oxygen atoms in total. The van der Waals surface area contributed by atoms with Crippen LogP contribution in [-0.2, 0) is 9.47 Å². The molecular weight excluding hydrogens is 260 g/mol. The minimum Gasteiger partial charge on any atom is -0.446 e. The van der Waals surface area contributed by atoms with Crippen LogP contribution in [0, 0.1) is 0 Å². The Kier molecular flexibility index (Phi) is 4.40. The molecule has 2 aliphatic rings. The van der Waals surface area contributed by atoms with Crippen molar-refractivity contribution in [1.82, 2.24) is 10.2 Å². The molecule has 0 spiro atoms. The average molecular weight is 284 g/mol. The van der Waals surface area contributed by atoms with Crippen molar-refractivity contribution in [3.63, 3.8) is 0 Å². The van der Waals surface area contributed by atoms with E-state index in [2.05, 4.69) is 5.32 Å². The highest BCUT2D eigenvalue weighted by Crippen LogP contribution is 2.20. The van der Waals surface area contributed by atoms with E-state index < -0.39 is 5.60 Å². The van der Waals surface area contributed by atoms with Crippen LogP contribution in [0.5, 0.6) is 0 Å². The Labute approximate surface area is 119 Å². The highest BCUT2D eigenvalue weighted by molar-refractivity contribution is 5.69. The largest absolute Gasteiger partial charge is 0.446 e. The van der Waals surface area contributed by atoms with Gasteiger partial charge in [-0.3, -0.25) is 0 Å². The third-order valence-corrected chi connectivity index (χ3v) is 3.27. The summed E-state index contributed by atoms with van der Waals surface area (Å²) in [6.45, 7) is 6.68. The van der Waals surface area contributed by atoms with E-state index in [0.717, 1.165) is 12.8 Å². The second kappa shape index (κ2) is 5.89. The van der Waals surface area contributed by atoms with Crippen LogP contribution in [0.15, 0.2) is 0 Å². The molecule has 0 bridgehead atoms. The third-order valence-electron chi connectivity index (χ3n) is 3.27. The van der Waals surface area contributed by atoms with Crippen molar-refractivity contribution in [1.29, 1.82) is 0 Å².